The van der Waals surface area contributed by atoms with Crippen LogP contribution in [-0.2, 0) is 29.9 Å². The first kappa shape index (κ1) is 13.2. The molecule has 1 aromatic carbocycles. The van der Waals surface area contributed by atoms with Crippen LogP contribution in [0.5, 0.6) is 0 Å². The predicted octanol–water partition coefficient (Wildman–Crippen LogP) is 2.10. The molecule has 0 fully saturated rings. The predicted molar refractivity (Wildman–Crippen MR) is 77.1 cm³/mol. The summed E-state index contributed by atoms with van der Waals surface area (Å²) in [6, 6.07) is 7.18. The fraction of sp³-hybridized carbons (Fsp3) is 0.357. The summed E-state index contributed by atoms with van der Waals surface area (Å²) >= 11 is 0. The largest absolute Gasteiger partial charge is 0.264 e. The van der Waals surface area contributed by atoms with E-state index in [1.165, 1.54) is 4.68 Å². The van der Waals surface area contributed by atoms with Gasteiger partial charge in [0.25, 0.3) is 10.0 Å². The van der Waals surface area contributed by atoms with Gasteiger partial charge in [-0.3, -0.25) is 9.40 Å². The zero-order chi connectivity index (χ0) is 14.2. The van der Waals surface area contributed by atoms with Crippen LogP contribution in [-0.4, -0.2) is 18.2 Å². The van der Waals surface area contributed by atoms with E-state index in [-0.39, 0.29) is 0 Å². The standard InChI is InChI=1S/C14H17N3O2S/c1-17-14(9-10-15-17)16-20(18,19)13-8-4-6-11-5-2-3-7-12(11)13/h4,6,8-10,16H,2-3,5,7H2,1H3. The van der Waals surface area contributed by atoms with E-state index < -0.39 is 10.0 Å². The van der Waals surface area contributed by atoms with Crippen molar-refractivity contribution in [1.82, 2.24) is 9.78 Å². The van der Waals surface area contributed by atoms with Crippen molar-refractivity contribution < 1.29 is 8.42 Å². The Hall–Kier alpha value is -1.82. The lowest BCUT2D eigenvalue weighted by molar-refractivity contribution is 0.595. The maximum atomic E-state index is 12.6. The van der Waals surface area contributed by atoms with E-state index in [2.05, 4.69) is 9.82 Å². The Labute approximate surface area is 118 Å². The molecule has 5 nitrogen and oxygen atoms in total. The number of anilines is 1. The molecule has 0 amide bonds. The molecule has 0 aliphatic heterocycles. The molecule has 0 spiro atoms. The first-order chi connectivity index (χ1) is 9.58. The van der Waals surface area contributed by atoms with Crippen LogP contribution >= 0.6 is 0 Å². The minimum Gasteiger partial charge on any atom is -0.264 e. The number of hydrogen-bond acceptors (Lipinski definition) is 3. The molecule has 0 unspecified atom stereocenters. The lowest BCUT2D eigenvalue weighted by atomic mass is 9.92. The van der Waals surface area contributed by atoms with Crippen LogP contribution in [0, 0.1) is 0 Å². The first-order valence-electron chi connectivity index (χ1n) is 6.69. The number of hydrogen-bond donors (Lipinski definition) is 1. The monoisotopic (exact) mass is 291 g/mol. The van der Waals surface area contributed by atoms with E-state index in [0.29, 0.717) is 10.7 Å². The average molecular weight is 291 g/mol. The number of fused-ring (bicyclic) bond motifs is 1. The van der Waals surface area contributed by atoms with E-state index in [4.69, 9.17) is 0 Å². The molecule has 1 N–H and O–H groups in total. The lowest BCUT2D eigenvalue weighted by Gasteiger charge is -2.19. The highest BCUT2D eigenvalue weighted by Crippen LogP contribution is 2.28. The highest BCUT2D eigenvalue weighted by Gasteiger charge is 2.23. The Morgan fingerprint density at radius 1 is 1.20 bits per heavy atom. The van der Waals surface area contributed by atoms with Gasteiger partial charge in [-0.1, -0.05) is 12.1 Å². The van der Waals surface area contributed by atoms with Crippen LogP contribution in [0.3, 0.4) is 0 Å². The number of aromatic nitrogens is 2. The quantitative estimate of drug-likeness (QED) is 0.942. The van der Waals surface area contributed by atoms with Gasteiger partial charge >= 0.3 is 0 Å². The van der Waals surface area contributed by atoms with Gasteiger partial charge in [0.2, 0.25) is 0 Å². The van der Waals surface area contributed by atoms with Crippen molar-refractivity contribution in [2.45, 2.75) is 30.6 Å². The second kappa shape index (κ2) is 4.94. The molecule has 0 atom stereocenters. The molecule has 0 radical (unpaired) electrons. The van der Waals surface area contributed by atoms with Gasteiger partial charge in [-0.2, -0.15) is 5.10 Å². The smallest absolute Gasteiger partial charge is 0.263 e. The van der Waals surface area contributed by atoms with Crippen molar-refractivity contribution in [2.24, 2.45) is 7.05 Å². The molecular formula is C14H17N3O2S. The molecule has 3 rings (SSSR count). The van der Waals surface area contributed by atoms with Crippen LogP contribution < -0.4 is 4.72 Å². The van der Waals surface area contributed by atoms with Gasteiger partial charge in [0.15, 0.2) is 0 Å². The molecule has 106 valence electrons. The summed E-state index contributed by atoms with van der Waals surface area (Å²) in [4.78, 5) is 0.399. The molecule has 1 heterocycles. The third-order valence-corrected chi connectivity index (χ3v) is 5.14. The molecule has 1 aromatic heterocycles. The molecule has 0 bridgehead atoms. The highest BCUT2D eigenvalue weighted by molar-refractivity contribution is 7.92. The van der Waals surface area contributed by atoms with Crippen molar-refractivity contribution in [3.05, 3.63) is 41.6 Å². The van der Waals surface area contributed by atoms with E-state index in [9.17, 15) is 8.42 Å². The van der Waals surface area contributed by atoms with Gasteiger partial charge in [-0.25, -0.2) is 8.42 Å². The van der Waals surface area contributed by atoms with Crippen molar-refractivity contribution in [3.63, 3.8) is 0 Å². The molecule has 6 heteroatoms. The molecule has 1 aliphatic carbocycles. The average Bonchev–Trinajstić information content (AvgIpc) is 2.83. The Bertz CT molecular complexity index is 735. The van der Waals surface area contributed by atoms with E-state index in [1.807, 2.05) is 12.1 Å². The Balaban J connectivity index is 2.02. The fourth-order valence-electron chi connectivity index (χ4n) is 2.66. The van der Waals surface area contributed by atoms with Crippen LogP contribution in [0.4, 0.5) is 5.82 Å². The van der Waals surface area contributed by atoms with Gasteiger partial charge in [-0.05, 0) is 42.9 Å². The summed E-state index contributed by atoms with van der Waals surface area (Å²) in [5.74, 6) is 0.471. The summed E-state index contributed by atoms with van der Waals surface area (Å²) in [6.45, 7) is 0. The lowest BCUT2D eigenvalue weighted by Crippen LogP contribution is -2.19. The number of rotatable bonds is 3. The Morgan fingerprint density at radius 2 is 2.00 bits per heavy atom. The van der Waals surface area contributed by atoms with Gasteiger partial charge in [0.05, 0.1) is 11.1 Å². The third kappa shape index (κ3) is 2.31. The van der Waals surface area contributed by atoms with E-state index in [0.717, 1.165) is 36.8 Å². The van der Waals surface area contributed by atoms with Gasteiger partial charge in [0, 0.05) is 13.1 Å². The van der Waals surface area contributed by atoms with Crippen molar-refractivity contribution >= 4 is 15.8 Å². The summed E-state index contributed by atoms with van der Waals surface area (Å²) in [5.41, 5.74) is 2.12. The van der Waals surface area contributed by atoms with Crippen molar-refractivity contribution in [1.29, 1.82) is 0 Å². The maximum absolute atomic E-state index is 12.6. The molecule has 1 aliphatic rings. The van der Waals surface area contributed by atoms with Crippen LogP contribution in [0.2, 0.25) is 0 Å². The molecule has 0 saturated carbocycles. The zero-order valence-corrected chi connectivity index (χ0v) is 12.2. The van der Waals surface area contributed by atoms with Crippen LogP contribution in [0.25, 0.3) is 0 Å². The number of benzene rings is 1. The molecule has 2 aromatic rings. The Morgan fingerprint density at radius 3 is 2.75 bits per heavy atom. The summed E-state index contributed by atoms with van der Waals surface area (Å²) < 4.78 is 29.3. The van der Waals surface area contributed by atoms with Crippen molar-refractivity contribution in [3.8, 4) is 0 Å². The maximum Gasteiger partial charge on any atom is 0.263 e. The first-order valence-corrected chi connectivity index (χ1v) is 8.18. The SMILES string of the molecule is Cn1nccc1NS(=O)(=O)c1cccc2c1CCCC2. The second-order valence-electron chi connectivity index (χ2n) is 5.05. The third-order valence-electron chi connectivity index (χ3n) is 3.70. The highest BCUT2D eigenvalue weighted by atomic mass is 32.2. The zero-order valence-electron chi connectivity index (χ0n) is 11.3. The van der Waals surface area contributed by atoms with E-state index >= 15 is 0 Å². The summed E-state index contributed by atoms with van der Waals surface area (Å²) in [7, 11) is -1.85. The summed E-state index contributed by atoms with van der Waals surface area (Å²) in [6.07, 6.45) is 5.54. The van der Waals surface area contributed by atoms with Crippen molar-refractivity contribution in [2.75, 3.05) is 4.72 Å². The van der Waals surface area contributed by atoms with Gasteiger partial charge < -0.3 is 0 Å². The van der Waals surface area contributed by atoms with Gasteiger partial charge in [-0.15, -0.1) is 0 Å². The number of nitrogens with one attached hydrogen (secondary N) is 1. The number of nitrogens with zero attached hydrogens (tertiary/aromatic N) is 2. The fourth-order valence-corrected chi connectivity index (χ4v) is 4.07. The Kier molecular flexibility index (Phi) is 3.25. The molecule has 0 saturated heterocycles. The molecule has 20 heavy (non-hydrogen) atoms. The second-order valence-corrected chi connectivity index (χ2v) is 6.70. The van der Waals surface area contributed by atoms with Crippen LogP contribution in [0.15, 0.2) is 35.4 Å². The number of aryl methyl sites for hydroxylation is 2. The summed E-state index contributed by atoms with van der Waals surface area (Å²) in [5, 5.41) is 3.97. The number of sulfonamides is 1. The topological polar surface area (TPSA) is 64.0 Å². The van der Waals surface area contributed by atoms with Crippen LogP contribution in [0.1, 0.15) is 24.0 Å². The van der Waals surface area contributed by atoms with E-state index in [1.54, 1.807) is 25.4 Å². The molecular weight excluding hydrogens is 274 g/mol. The minimum absolute atomic E-state index is 0.399. The normalized spacial score (nSPS) is 14.8. The minimum atomic E-state index is -3.56. The van der Waals surface area contributed by atoms with Gasteiger partial charge in [0.1, 0.15) is 5.82 Å².